The smallest absolute Gasteiger partial charge is 0.357 e. The quantitative estimate of drug-likeness (QED) is 0.591. The Hall–Kier alpha value is -1.35. The molecule has 0 spiro atoms. The molecule has 1 aliphatic heterocycles. The molecule has 1 atom stereocenters. The maximum absolute atomic E-state index is 12.6. The molecule has 5 nitrogen and oxygen atoms in total. The lowest BCUT2D eigenvalue weighted by Gasteiger charge is -2.33. The van der Waals surface area contributed by atoms with E-state index in [9.17, 15) is 13.2 Å². The van der Waals surface area contributed by atoms with Gasteiger partial charge in [0.05, 0.1) is 6.54 Å². The molecule has 2 heterocycles. The highest BCUT2D eigenvalue weighted by Crippen LogP contribution is 2.30. The van der Waals surface area contributed by atoms with Crippen molar-refractivity contribution in [1.82, 2.24) is 20.5 Å². The van der Waals surface area contributed by atoms with Gasteiger partial charge in [-0.3, -0.25) is 4.90 Å². The molecule has 2 N–H and O–H groups in total. The molecule has 1 saturated heterocycles. The Morgan fingerprint density at radius 1 is 1.40 bits per heavy atom. The number of piperidine rings is 1. The number of hydrogen-bond donors (Lipinski definition) is 2. The third-order valence-corrected chi connectivity index (χ3v) is 5.02. The average Bonchev–Trinajstić information content (AvgIpc) is 3.03. The molecule has 0 saturated carbocycles. The first kappa shape index (κ1) is 20.0. The van der Waals surface area contributed by atoms with Crippen molar-refractivity contribution in [2.75, 3.05) is 26.2 Å². The van der Waals surface area contributed by atoms with Crippen LogP contribution in [0.4, 0.5) is 13.2 Å². The van der Waals surface area contributed by atoms with E-state index in [4.69, 9.17) is 0 Å². The maximum atomic E-state index is 12.6. The Balaban J connectivity index is 1.84. The van der Waals surface area contributed by atoms with E-state index in [-0.39, 0.29) is 6.54 Å². The molecule has 1 aromatic rings. The zero-order chi connectivity index (χ0) is 18.3. The maximum Gasteiger partial charge on any atom is 0.434 e. The molecule has 1 aliphatic rings. The van der Waals surface area contributed by atoms with Crippen molar-refractivity contribution in [2.45, 2.75) is 51.9 Å². The van der Waals surface area contributed by atoms with Crippen LogP contribution in [0.25, 0.3) is 0 Å². The Kier molecular flexibility index (Phi) is 7.49. The van der Waals surface area contributed by atoms with Crippen LogP contribution < -0.4 is 10.6 Å². The molecule has 0 radical (unpaired) electrons. The monoisotopic (exact) mass is 377 g/mol. The van der Waals surface area contributed by atoms with E-state index < -0.39 is 11.9 Å². The summed E-state index contributed by atoms with van der Waals surface area (Å²) in [5, 5.41) is 7.75. The second-order valence-corrected chi connectivity index (χ2v) is 7.07. The Labute approximate surface area is 150 Å². The van der Waals surface area contributed by atoms with E-state index in [2.05, 4.69) is 32.4 Å². The molecule has 9 heteroatoms. The van der Waals surface area contributed by atoms with Gasteiger partial charge in [0.15, 0.2) is 11.7 Å². The largest absolute Gasteiger partial charge is 0.434 e. The van der Waals surface area contributed by atoms with Crippen molar-refractivity contribution in [2.24, 2.45) is 4.99 Å². The predicted octanol–water partition coefficient (Wildman–Crippen LogP) is 3.09. The van der Waals surface area contributed by atoms with Gasteiger partial charge in [0, 0.05) is 31.1 Å². The summed E-state index contributed by atoms with van der Waals surface area (Å²) in [4.78, 5) is 10.4. The van der Waals surface area contributed by atoms with Crippen LogP contribution in [0.3, 0.4) is 0 Å². The Morgan fingerprint density at radius 2 is 2.20 bits per heavy atom. The number of alkyl halides is 3. The number of nitrogens with one attached hydrogen (secondary N) is 2. The SMILES string of the molecule is CCNC(=NCc1nc(C(F)(F)F)cs1)NCCN1CCCCC1C. The molecule has 0 bridgehead atoms. The van der Waals surface area contributed by atoms with Gasteiger partial charge in [0.1, 0.15) is 5.01 Å². The highest BCUT2D eigenvalue weighted by Gasteiger charge is 2.33. The van der Waals surface area contributed by atoms with Gasteiger partial charge in [0.25, 0.3) is 0 Å². The molecule has 25 heavy (non-hydrogen) atoms. The van der Waals surface area contributed by atoms with Crippen molar-refractivity contribution in [3.8, 4) is 0 Å². The molecule has 0 aromatic carbocycles. The molecular formula is C16H26F3N5S. The van der Waals surface area contributed by atoms with Gasteiger partial charge in [0.2, 0.25) is 0 Å². The Morgan fingerprint density at radius 3 is 2.84 bits per heavy atom. The highest BCUT2D eigenvalue weighted by atomic mass is 32.1. The third kappa shape index (κ3) is 6.47. The van der Waals surface area contributed by atoms with E-state index >= 15 is 0 Å². The van der Waals surface area contributed by atoms with Gasteiger partial charge in [-0.1, -0.05) is 6.42 Å². The lowest BCUT2D eigenvalue weighted by molar-refractivity contribution is -0.140. The fraction of sp³-hybridized carbons (Fsp3) is 0.750. The molecule has 0 amide bonds. The number of nitrogens with zero attached hydrogens (tertiary/aromatic N) is 3. The fourth-order valence-corrected chi connectivity index (χ4v) is 3.53. The molecule has 142 valence electrons. The van der Waals surface area contributed by atoms with Crippen LogP contribution in [0.1, 0.15) is 43.8 Å². The van der Waals surface area contributed by atoms with E-state index in [0.717, 1.165) is 36.4 Å². The number of halogens is 3. The van der Waals surface area contributed by atoms with Crippen molar-refractivity contribution in [3.63, 3.8) is 0 Å². The summed E-state index contributed by atoms with van der Waals surface area (Å²) in [5.74, 6) is 0.607. The zero-order valence-corrected chi connectivity index (χ0v) is 15.5. The number of aliphatic imine (C=N–C) groups is 1. The second kappa shape index (κ2) is 9.38. The number of likely N-dealkylation sites (tertiary alicyclic amines) is 1. The van der Waals surface area contributed by atoms with Crippen LogP contribution in [-0.2, 0) is 12.7 Å². The highest BCUT2D eigenvalue weighted by molar-refractivity contribution is 7.09. The third-order valence-electron chi connectivity index (χ3n) is 4.19. The lowest BCUT2D eigenvalue weighted by atomic mass is 10.0. The summed E-state index contributed by atoms with van der Waals surface area (Å²) < 4.78 is 37.7. The van der Waals surface area contributed by atoms with Crippen molar-refractivity contribution < 1.29 is 13.2 Å². The van der Waals surface area contributed by atoms with Gasteiger partial charge >= 0.3 is 6.18 Å². The minimum atomic E-state index is -4.40. The second-order valence-electron chi connectivity index (χ2n) is 6.13. The summed E-state index contributed by atoms with van der Waals surface area (Å²) >= 11 is 0.981. The summed E-state index contributed by atoms with van der Waals surface area (Å²) in [7, 11) is 0. The average molecular weight is 377 g/mol. The number of thiazole rings is 1. The minimum Gasteiger partial charge on any atom is -0.357 e. The molecule has 2 rings (SSSR count). The molecule has 1 unspecified atom stereocenters. The van der Waals surface area contributed by atoms with Crippen LogP contribution in [0.15, 0.2) is 10.4 Å². The van der Waals surface area contributed by atoms with Gasteiger partial charge in [-0.25, -0.2) is 9.98 Å². The van der Waals surface area contributed by atoms with E-state index in [1.54, 1.807) is 0 Å². The van der Waals surface area contributed by atoms with E-state index in [1.807, 2.05) is 6.92 Å². The molecule has 0 aliphatic carbocycles. The fourth-order valence-electron chi connectivity index (χ4n) is 2.81. The van der Waals surface area contributed by atoms with Crippen molar-refractivity contribution in [3.05, 3.63) is 16.1 Å². The lowest BCUT2D eigenvalue weighted by Crippen LogP contribution is -2.45. The summed E-state index contributed by atoms with van der Waals surface area (Å²) in [5.41, 5.74) is -0.847. The topological polar surface area (TPSA) is 52.6 Å². The van der Waals surface area contributed by atoms with Gasteiger partial charge in [-0.05, 0) is 33.2 Å². The normalized spacial score (nSPS) is 19.9. The van der Waals surface area contributed by atoms with Crippen LogP contribution in [-0.4, -0.2) is 48.1 Å². The molecular weight excluding hydrogens is 351 g/mol. The number of rotatable bonds is 6. The standard InChI is InChI=1S/C16H26F3N5S/c1-3-20-15(21-7-9-24-8-5-4-6-12(24)2)22-10-14-23-13(11-25-14)16(17,18)19/h11-12H,3-10H2,1-2H3,(H2,20,21,22). The van der Waals surface area contributed by atoms with Crippen molar-refractivity contribution in [1.29, 1.82) is 0 Å². The first-order chi connectivity index (χ1) is 11.9. The van der Waals surface area contributed by atoms with Crippen LogP contribution >= 0.6 is 11.3 Å². The van der Waals surface area contributed by atoms with E-state index in [0.29, 0.717) is 23.6 Å². The molecule has 1 fully saturated rings. The van der Waals surface area contributed by atoms with Crippen LogP contribution in [0.2, 0.25) is 0 Å². The first-order valence-electron chi connectivity index (χ1n) is 8.68. The van der Waals surface area contributed by atoms with Crippen LogP contribution in [0.5, 0.6) is 0 Å². The number of hydrogen-bond acceptors (Lipinski definition) is 4. The Bertz CT molecular complexity index is 558. The van der Waals surface area contributed by atoms with Crippen LogP contribution in [0, 0.1) is 0 Å². The van der Waals surface area contributed by atoms with Gasteiger partial charge in [-0.15, -0.1) is 11.3 Å². The van der Waals surface area contributed by atoms with Gasteiger partial charge < -0.3 is 10.6 Å². The minimum absolute atomic E-state index is 0.135. The number of guanidine groups is 1. The van der Waals surface area contributed by atoms with Gasteiger partial charge in [-0.2, -0.15) is 13.2 Å². The summed E-state index contributed by atoms with van der Waals surface area (Å²) in [6.07, 6.45) is -0.626. The summed E-state index contributed by atoms with van der Waals surface area (Å²) in [6, 6.07) is 0.603. The number of aromatic nitrogens is 1. The predicted molar refractivity (Wildman–Crippen MR) is 94.8 cm³/mol. The summed E-state index contributed by atoms with van der Waals surface area (Å²) in [6.45, 7) is 7.83. The van der Waals surface area contributed by atoms with Crippen molar-refractivity contribution >= 4 is 17.3 Å². The van der Waals surface area contributed by atoms with E-state index in [1.165, 1.54) is 19.3 Å². The zero-order valence-electron chi connectivity index (χ0n) is 14.7. The first-order valence-corrected chi connectivity index (χ1v) is 9.56. The molecule has 1 aromatic heterocycles.